The van der Waals surface area contributed by atoms with Crippen LogP contribution in [0.1, 0.15) is 38.7 Å². The van der Waals surface area contributed by atoms with E-state index in [0.717, 1.165) is 24.2 Å². The normalized spacial score (nSPS) is 19.0. The first kappa shape index (κ1) is 19.1. The standard InChI is InChI=1S/C22H24FN5O2/c1-22(2)12-29-20(30-13-22)18-11-19(28(27-18)16-7-3-14(23)4-8-16)17-9-10-24-21(26-17)25-15-5-6-15/h3-4,7-11,15,20H,5-6,12-13H2,1-2H3,(H,24,25,26). The highest BCUT2D eigenvalue weighted by molar-refractivity contribution is 5.60. The predicted molar refractivity (Wildman–Crippen MR) is 110 cm³/mol. The van der Waals surface area contributed by atoms with Crippen molar-refractivity contribution in [1.82, 2.24) is 19.7 Å². The van der Waals surface area contributed by atoms with E-state index < -0.39 is 6.29 Å². The Labute approximate surface area is 174 Å². The molecule has 30 heavy (non-hydrogen) atoms. The average Bonchev–Trinajstić information content (AvgIpc) is 3.43. The van der Waals surface area contributed by atoms with Crippen LogP contribution >= 0.6 is 0 Å². The lowest BCUT2D eigenvalue weighted by Gasteiger charge is -2.33. The summed E-state index contributed by atoms with van der Waals surface area (Å²) in [5, 5.41) is 8.05. The first-order valence-electron chi connectivity index (χ1n) is 10.2. The van der Waals surface area contributed by atoms with E-state index in [1.54, 1.807) is 23.0 Å². The Morgan fingerprint density at radius 1 is 1.10 bits per heavy atom. The molecule has 1 saturated heterocycles. The summed E-state index contributed by atoms with van der Waals surface area (Å²) in [5.41, 5.74) is 2.82. The first-order valence-corrected chi connectivity index (χ1v) is 10.2. The Morgan fingerprint density at radius 2 is 1.83 bits per heavy atom. The van der Waals surface area contributed by atoms with Crippen molar-refractivity contribution in [3.05, 3.63) is 54.1 Å². The second kappa shape index (κ2) is 7.45. The molecule has 0 unspecified atom stereocenters. The van der Waals surface area contributed by atoms with Crippen molar-refractivity contribution in [2.24, 2.45) is 5.41 Å². The van der Waals surface area contributed by atoms with Gasteiger partial charge in [0.2, 0.25) is 12.2 Å². The summed E-state index contributed by atoms with van der Waals surface area (Å²) < 4.78 is 27.1. The van der Waals surface area contributed by atoms with Crippen LogP contribution in [0.5, 0.6) is 0 Å². The first-order chi connectivity index (χ1) is 14.5. The Morgan fingerprint density at radius 3 is 2.53 bits per heavy atom. The van der Waals surface area contributed by atoms with Crippen molar-refractivity contribution < 1.29 is 13.9 Å². The van der Waals surface area contributed by atoms with Gasteiger partial charge in [-0.2, -0.15) is 5.10 Å². The lowest BCUT2D eigenvalue weighted by molar-refractivity contribution is -0.228. The van der Waals surface area contributed by atoms with Crippen LogP contribution in [0.3, 0.4) is 0 Å². The number of halogens is 1. The minimum Gasteiger partial charge on any atom is -0.351 e. The summed E-state index contributed by atoms with van der Waals surface area (Å²) in [5.74, 6) is 0.294. The van der Waals surface area contributed by atoms with Crippen molar-refractivity contribution in [3.63, 3.8) is 0 Å². The molecule has 5 rings (SSSR count). The van der Waals surface area contributed by atoms with E-state index in [4.69, 9.17) is 14.6 Å². The van der Waals surface area contributed by atoms with Gasteiger partial charge in [0.05, 0.1) is 30.3 Å². The van der Waals surface area contributed by atoms with Crippen molar-refractivity contribution >= 4 is 5.95 Å². The van der Waals surface area contributed by atoms with Gasteiger partial charge in [-0.25, -0.2) is 19.0 Å². The fraction of sp³-hybridized carbons (Fsp3) is 0.409. The van der Waals surface area contributed by atoms with Crippen LogP contribution in [0.15, 0.2) is 42.6 Å². The average molecular weight is 409 g/mol. The van der Waals surface area contributed by atoms with Crippen LogP contribution in [0, 0.1) is 11.2 Å². The van der Waals surface area contributed by atoms with Gasteiger partial charge in [-0.1, -0.05) is 13.8 Å². The topological polar surface area (TPSA) is 74.1 Å². The number of hydrogen-bond donors (Lipinski definition) is 1. The summed E-state index contributed by atoms with van der Waals surface area (Å²) in [4.78, 5) is 8.99. The van der Waals surface area contributed by atoms with Gasteiger partial charge >= 0.3 is 0 Å². The van der Waals surface area contributed by atoms with Gasteiger partial charge < -0.3 is 14.8 Å². The molecular formula is C22H24FN5O2. The SMILES string of the molecule is CC1(C)COC(c2cc(-c3ccnc(NC4CC4)n3)n(-c3ccc(F)cc3)n2)OC1. The van der Waals surface area contributed by atoms with E-state index in [1.807, 2.05) is 12.1 Å². The van der Waals surface area contributed by atoms with Gasteiger partial charge in [0.1, 0.15) is 11.5 Å². The molecule has 8 heteroatoms. The third-order valence-electron chi connectivity index (χ3n) is 5.12. The third kappa shape index (κ3) is 4.06. The number of nitrogens with one attached hydrogen (secondary N) is 1. The molecule has 2 fully saturated rings. The molecule has 0 radical (unpaired) electrons. The quantitative estimate of drug-likeness (QED) is 0.684. The zero-order chi connectivity index (χ0) is 20.7. The van der Waals surface area contributed by atoms with Gasteiger partial charge in [0.15, 0.2) is 0 Å². The van der Waals surface area contributed by atoms with Crippen molar-refractivity contribution in [1.29, 1.82) is 0 Å². The van der Waals surface area contributed by atoms with Gasteiger partial charge in [0.25, 0.3) is 0 Å². The molecule has 0 spiro atoms. The number of rotatable bonds is 5. The van der Waals surface area contributed by atoms with E-state index >= 15 is 0 Å². The van der Waals surface area contributed by atoms with Crippen LogP contribution in [0.25, 0.3) is 17.1 Å². The van der Waals surface area contributed by atoms with Gasteiger partial charge in [-0.05, 0) is 49.2 Å². The minimum absolute atomic E-state index is 0.0328. The lowest BCUT2D eigenvalue weighted by Crippen LogP contribution is -2.33. The summed E-state index contributed by atoms with van der Waals surface area (Å²) in [6.45, 7) is 5.36. The van der Waals surface area contributed by atoms with Gasteiger partial charge in [-0.15, -0.1) is 0 Å². The molecule has 3 heterocycles. The number of anilines is 1. The number of nitrogens with zero attached hydrogens (tertiary/aromatic N) is 4. The van der Waals surface area contributed by atoms with Gasteiger partial charge in [0, 0.05) is 17.7 Å². The molecule has 0 amide bonds. The van der Waals surface area contributed by atoms with E-state index in [1.165, 1.54) is 12.1 Å². The van der Waals surface area contributed by atoms with Crippen molar-refractivity contribution in [2.45, 2.75) is 39.0 Å². The zero-order valence-corrected chi connectivity index (χ0v) is 17.0. The Hall–Kier alpha value is -2.84. The fourth-order valence-corrected chi connectivity index (χ4v) is 3.32. The summed E-state index contributed by atoms with van der Waals surface area (Å²) in [6.07, 6.45) is 3.45. The molecule has 1 aliphatic carbocycles. The molecule has 1 N–H and O–H groups in total. The smallest absolute Gasteiger partial charge is 0.223 e. The predicted octanol–water partition coefficient (Wildman–Crippen LogP) is 4.11. The molecule has 7 nitrogen and oxygen atoms in total. The Balaban J connectivity index is 1.53. The van der Waals surface area contributed by atoms with Crippen LogP contribution in [0.4, 0.5) is 10.3 Å². The third-order valence-corrected chi connectivity index (χ3v) is 5.12. The highest BCUT2D eigenvalue weighted by atomic mass is 19.1. The fourth-order valence-electron chi connectivity index (χ4n) is 3.32. The van der Waals surface area contributed by atoms with Crippen molar-refractivity contribution in [2.75, 3.05) is 18.5 Å². The molecule has 0 atom stereocenters. The molecule has 2 aromatic heterocycles. The highest BCUT2D eigenvalue weighted by Crippen LogP contribution is 2.33. The summed E-state index contributed by atoms with van der Waals surface area (Å²) >= 11 is 0. The maximum absolute atomic E-state index is 13.5. The van der Waals surface area contributed by atoms with E-state index in [2.05, 4.69) is 29.1 Å². The monoisotopic (exact) mass is 409 g/mol. The second-order valence-electron chi connectivity index (χ2n) is 8.64. The molecular weight excluding hydrogens is 385 g/mol. The number of aromatic nitrogens is 4. The van der Waals surface area contributed by atoms with E-state index in [9.17, 15) is 4.39 Å². The molecule has 2 aliphatic rings. The van der Waals surface area contributed by atoms with Crippen LogP contribution < -0.4 is 5.32 Å². The zero-order valence-electron chi connectivity index (χ0n) is 17.0. The Bertz CT molecular complexity index is 1040. The van der Waals surface area contributed by atoms with E-state index in [0.29, 0.717) is 36.6 Å². The second-order valence-corrected chi connectivity index (χ2v) is 8.64. The maximum atomic E-state index is 13.5. The molecule has 1 saturated carbocycles. The maximum Gasteiger partial charge on any atom is 0.223 e. The number of ether oxygens (including phenoxy) is 2. The molecule has 156 valence electrons. The van der Waals surface area contributed by atoms with Gasteiger partial charge in [-0.3, -0.25) is 0 Å². The molecule has 1 aromatic carbocycles. The summed E-state index contributed by atoms with van der Waals surface area (Å²) in [6, 6.07) is 10.4. The molecule has 1 aliphatic heterocycles. The lowest BCUT2D eigenvalue weighted by atomic mass is 9.95. The molecule has 3 aromatic rings. The number of hydrogen-bond acceptors (Lipinski definition) is 6. The van der Waals surface area contributed by atoms with Crippen LogP contribution in [-0.2, 0) is 9.47 Å². The summed E-state index contributed by atoms with van der Waals surface area (Å²) in [7, 11) is 0. The van der Waals surface area contributed by atoms with Crippen LogP contribution in [-0.4, -0.2) is 39.0 Å². The Kier molecular flexibility index (Phi) is 4.75. The largest absolute Gasteiger partial charge is 0.351 e. The van der Waals surface area contributed by atoms with E-state index in [-0.39, 0.29) is 11.2 Å². The number of benzene rings is 1. The highest BCUT2D eigenvalue weighted by Gasteiger charge is 2.31. The molecule has 0 bridgehead atoms. The van der Waals surface area contributed by atoms with Crippen LogP contribution in [0.2, 0.25) is 0 Å². The van der Waals surface area contributed by atoms with Crippen molar-refractivity contribution in [3.8, 4) is 17.1 Å². The minimum atomic E-state index is -0.552.